The molecule has 2 saturated heterocycles. The van der Waals surface area contributed by atoms with Gasteiger partial charge in [0.15, 0.2) is 0 Å². The Hall–Kier alpha value is -3.35. The Bertz CT molecular complexity index is 1240. The first-order valence-corrected chi connectivity index (χ1v) is 14.1. The minimum atomic E-state index is -0.528. The van der Waals surface area contributed by atoms with Crippen LogP contribution >= 0.6 is 0 Å². The third-order valence-corrected chi connectivity index (χ3v) is 7.70. The van der Waals surface area contributed by atoms with Gasteiger partial charge >= 0.3 is 6.09 Å². The number of H-pyrrole nitrogens is 1. The van der Waals surface area contributed by atoms with Crippen molar-refractivity contribution in [1.82, 2.24) is 19.8 Å². The third-order valence-electron chi connectivity index (χ3n) is 7.70. The van der Waals surface area contributed by atoms with Crippen LogP contribution in [0.15, 0.2) is 48.5 Å². The van der Waals surface area contributed by atoms with E-state index in [0.29, 0.717) is 19.0 Å². The number of nitrogens with zero attached hydrogens (tertiary/aromatic N) is 3. The molecule has 3 aromatic rings. The Kier molecular flexibility index (Phi) is 7.73. The second-order valence-corrected chi connectivity index (χ2v) is 11.9. The van der Waals surface area contributed by atoms with Gasteiger partial charge in [0.05, 0.1) is 17.0 Å². The molecule has 2 aliphatic rings. The third kappa shape index (κ3) is 6.37. The first kappa shape index (κ1) is 26.3. The fourth-order valence-electron chi connectivity index (χ4n) is 5.79. The van der Waals surface area contributed by atoms with Crippen LogP contribution in [0.2, 0.25) is 0 Å². The Balaban J connectivity index is 1.17. The smallest absolute Gasteiger partial charge is 0.410 e. The summed E-state index contributed by atoms with van der Waals surface area (Å²) in [5.41, 5.74) is 3.92. The largest absolute Gasteiger partial charge is 0.444 e. The van der Waals surface area contributed by atoms with E-state index in [-0.39, 0.29) is 17.9 Å². The molecule has 1 aromatic heterocycles. The minimum Gasteiger partial charge on any atom is -0.444 e. The van der Waals surface area contributed by atoms with E-state index in [2.05, 4.69) is 35.3 Å². The van der Waals surface area contributed by atoms with Crippen LogP contribution in [-0.4, -0.2) is 63.5 Å². The molecule has 2 amide bonds. The first-order valence-electron chi connectivity index (χ1n) is 14.1. The molecule has 202 valence electrons. The molecule has 7 nitrogen and oxygen atoms in total. The zero-order valence-corrected chi connectivity index (χ0v) is 22.9. The van der Waals surface area contributed by atoms with Crippen molar-refractivity contribution in [3.63, 3.8) is 0 Å². The molecule has 2 atom stereocenters. The predicted molar refractivity (Wildman–Crippen MR) is 150 cm³/mol. The summed E-state index contributed by atoms with van der Waals surface area (Å²) in [6.07, 6.45) is 5.51. The highest BCUT2D eigenvalue weighted by Crippen LogP contribution is 2.28. The lowest BCUT2D eigenvalue weighted by Crippen LogP contribution is -2.48. The Morgan fingerprint density at radius 3 is 2.58 bits per heavy atom. The van der Waals surface area contributed by atoms with E-state index in [1.54, 1.807) is 4.90 Å². The number of carbonyl (C=O) groups excluding carboxylic acids is 2. The highest BCUT2D eigenvalue weighted by molar-refractivity contribution is 5.80. The molecule has 0 saturated carbocycles. The number of benzene rings is 2. The van der Waals surface area contributed by atoms with Crippen molar-refractivity contribution in [3.8, 4) is 11.4 Å². The molecular formula is C31H40N4O3. The Labute approximate surface area is 225 Å². The van der Waals surface area contributed by atoms with Gasteiger partial charge in [-0.05, 0) is 89.0 Å². The molecule has 0 radical (unpaired) electrons. The lowest BCUT2D eigenvalue weighted by Gasteiger charge is -2.35. The van der Waals surface area contributed by atoms with Crippen LogP contribution in [0.1, 0.15) is 58.4 Å². The van der Waals surface area contributed by atoms with E-state index in [4.69, 9.17) is 9.72 Å². The van der Waals surface area contributed by atoms with Gasteiger partial charge in [-0.15, -0.1) is 0 Å². The van der Waals surface area contributed by atoms with Gasteiger partial charge in [-0.25, -0.2) is 9.78 Å². The van der Waals surface area contributed by atoms with Crippen LogP contribution in [0.3, 0.4) is 0 Å². The number of amides is 2. The van der Waals surface area contributed by atoms with E-state index in [1.807, 2.05) is 43.9 Å². The van der Waals surface area contributed by atoms with Gasteiger partial charge in [0.1, 0.15) is 11.4 Å². The average Bonchev–Trinajstić information content (AvgIpc) is 3.20. The number of fused-ring (bicyclic) bond motifs is 1. The van der Waals surface area contributed by atoms with Crippen molar-refractivity contribution in [2.24, 2.45) is 11.8 Å². The summed E-state index contributed by atoms with van der Waals surface area (Å²) >= 11 is 0. The van der Waals surface area contributed by atoms with Crippen molar-refractivity contribution in [3.05, 3.63) is 54.1 Å². The maximum Gasteiger partial charge on any atom is 0.410 e. The summed E-state index contributed by atoms with van der Waals surface area (Å²) in [5.74, 6) is 1.51. The van der Waals surface area contributed by atoms with E-state index >= 15 is 0 Å². The number of ether oxygens (including phenoxy) is 1. The molecule has 7 heteroatoms. The molecule has 2 aliphatic heterocycles. The van der Waals surface area contributed by atoms with Crippen molar-refractivity contribution in [2.75, 3.05) is 26.2 Å². The normalized spacial score (nSPS) is 20.8. The zero-order chi connectivity index (χ0) is 26.7. The number of para-hydroxylation sites is 2. The number of imidazole rings is 1. The number of piperidine rings is 1. The van der Waals surface area contributed by atoms with Crippen LogP contribution in [0, 0.1) is 11.8 Å². The SMILES string of the molecule is CC(C)(C)OC(=O)N1CCC[C@@H](C(=O)N2CCCC(Cc3cccc(-c4nc5ccccc5[nH]4)c3)CC2)C1. The molecule has 1 N–H and O–H groups in total. The molecule has 1 unspecified atom stereocenters. The second-order valence-electron chi connectivity index (χ2n) is 11.9. The van der Waals surface area contributed by atoms with Crippen molar-refractivity contribution >= 4 is 23.0 Å². The zero-order valence-electron chi connectivity index (χ0n) is 22.9. The molecule has 38 heavy (non-hydrogen) atoms. The molecule has 2 aromatic carbocycles. The quantitative estimate of drug-likeness (QED) is 0.458. The maximum atomic E-state index is 13.4. The fourth-order valence-corrected chi connectivity index (χ4v) is 5.79. The van der Waals surface area contributed by atoms with Gasteiger partial charge < -0.3 is 19.5 Å². The number of aromatic nitrogens is 2. The predicted octanol–water partition coefficient (Wildman–Crippen LogP) is 6.05. The van der Waals surface area contributed by atoms with Gasteiger partial charge in [-0.3, -0.25) is 4.79 Å². The summed E-state index contributed by atoms with van der Waals surface area (Å²) < 4.78 is 5.55. The van der Waals surface area contributed by atoms with Gasteiger partial charge in [0.2, 0.25) is 5.91 Å². The van der Waals surface area contributed by atoms with Crippen LogP contribution < -0.4 is 0 Å². The number of carbonyl (C=O) groups is 2. The monoisotopic (exact) mass is 516 g/mol. The molecule has 5 rings (SSSR count). The van der Waals surface area contributed by atoms with Gasteiger partial charge in [-0.2, -0.15) is 0 Å². The number of hydrogen-bond acceptors (Lipinski definition) is 4. The van der Waals surface area contributed by atoms with Crippen LogP contribution in [-0.2, 0) is 16.0 Å². The molecule has 0 spiro atoms. The van der Waals surface area contributed by atoms with Crippen molar-refractivity contribution in [1.29, 1.82) is 0 Å². The molecule has 2 fully saturated rings. The average molecular weight is 517 g/mol. The summed E-state index contributed by atoms with van der Waals surface area (Å²) in [6, 6.07) is 16.8. The second kappa shape index (κ2) is 11.2. The van der Waals surface area contributed by atoms with Gasteiger partial charge in [0, 0.05) is 31.7 Å². The van der Waals surface area contributed by atoms with Crippen LogP contribution in [0.5, 0.6) is 0 Å². The van der Waals surface area contributed by atoms with E-state index < -0.39 is 5.60 Å². The van der Waals surface area contributed by atoms with E-state index in [9.17, 15) is 9.59 Å². The maximum absolute atomic E-state index is 13.4. The van der Waals surface area contributed by atoms with E-state index in [1.165, 1.54) is 5.56 Å². The van der Waals surface area contributed by atoms with Crippen LogP contribution in [0.4, 0.5) is 4.79 Å². The summed E-state index contributed by atoms with van der Waals surface area (Å²) in [4.78, 5) is 38.0. The topological polar surface area (TPSA) is 78.5 Å². The fraction of sp³-hybridized carbons (Fsp3) is 0.516. The first-order chi connectivity index (χ1) is 18.2. The number of aromatic amines is 1. The Morgan fingerprint density at radius 2 is 1.76 bits per heavy atom. The number of likely N-dealkylation sites (tertiary alicyclic amines) is 2. The lowest BCUT2D eigenvalue weighted by molar-refractivity contribution is -0.137. The summed E-state index contributed by atoms with van der Waals surface area (Å²) in [5, 5.41) is 0. The minimum absolute atomic E-state index is 0.131. The number of hydrogen-bond donors (Lipinski definition) is 1. The lowest BCUT2D eigenvalue weighted by atomic mass is 9.92. The molecule has 0 bridgehead atoms. The standard InChI is InChI=1S/C31H40N4O3/c1-31(2,3)38-30(37)35-17-8-12-25(21-35)29(36)34-16-7-10-22(15-18-34)19-23-9-6-11-24(20-23)28-32-26-13-4-5-14-27(26)33-28/h4-6,9,11,13-14,20,22,25H,7-8,10,12,15-19,21H2,1-3H3,(H,32,33)/t22?,25-/m1/s1. The highest BCUT2D eigenvalue weighted by Gasteiger charge is 2.33. The summed E-state index contributed by atoms with van der Waals surface area (Å²) in [6.45, 7) is 8.34. The van der Waals surface area contributed by atoms with Crippen LogP contribution in [0.25, 0.3) is 22.4 Å². The number of rotatable bonds is 4. The van der Waals surface area contributed by atoms with Crippen molar-refractivity contribution < 1.29 is 14.3 Å². The number of nitrogens with one attached hydrogen (secondary N) is 1. The molecule has 0 aliphatic carbocycles. The van der Waals surface area contributed by atoms with Crippen molar-refractivity contribution in [2.45, 2.75) is 64.9 Å². The summed E-state index contributed by atoms with van der Waals surface area (Å²) in [7, 11) is 0. The highest BCUT2D eigenvalue weighted by atomic mass is 16.6. The van der Waals surface area contributed by atoms with Gasteiger partial charge in [-0.1, -0.05) is 30.3 Å². The molecular weight excluding hydrogens is 476 g/mol. The molecule has 3 heterocycles. The Morgan fingerprint density at radius 1 is 0.974 bits per heavy atom. The van der Waals surface area contributed by atoms with E-state index in [0.717, 1.165) is 74.0 Å². The van der Waals surface area contributed by atoms with Gasteiger partial charge in [0.25, 0.3) is 0 Å².